The molecule has 3 rings (SSSR count). The average Bonchev–Trinajstić information content (AvgIpc) is 3.09. The smallest absolute Gasteiger partial charge is 0.234 e. The van der Waals surface area contributed by atoms with Crippen molar-refractivity contribution in [3.63, 3.8) is 0 Å². The summed E-state index contributed by atoms with van der Waals surface area (Å²) >= 11 is 0. The third-order valence-corrected chi connectivity index (χ3v) is 3.62. The van der Waals surface area contributed by atoms with Gasteiger partial charge in [0.05, 0.1) is 11.1 Å². The van der Waals surface area contributed by atoms with E-state index in [1.54, 1.807) is 19.0 Å². The molecule has 0 radical (unpaired) electrons. The van der Waals surface area contributed by atoms with Crippen molar-refractivity contribution in [2.75, 3.05) is 14.1 Å². The fourth-order valence-corrected chi connectivity index (χ4v) is 2.37. The Morgan fingerprint density at radius 2 is 1.95 bits per heavy atom. The number of nitrogens with zero attached hydrogens (tertiary/aromatic N) is 2. The highest BCUT2D eigenvalue weighted by Crippen LogP contribution is 2.49. The second kappa shape index (κ2) is 4.23. The second-order valence-corrected chi connectivity index (χ2v) is 5.22. The molecular weight excluding hydrogens is 240 g/mol. The van der Waals surface area contributed by atoms with Crippen molar-refractivity contribution >= 4 is 5.91 Å². The Hall–Kier alpha value is -2.10. The van der Waals surface area contributed by atoms with E-state index in [1.165, 1.54) is 0 Å². The van der Waals surface area contributed by atoms with E-state index >= 15 is 0 Å². The van der Waals surface area contributed by atoms with Crippen LogP contribution in [0.25, 0.3) is 11.3 Å². The molecule has 0 aliphatic heterocycles. The van der Waals surface area contributed by atoms with Gasteiger partial charge in [-0.05, 0) is 12.8 Å². The highest BCUT2D eigenvalue weighted by molar-refractivity contribution is 5.90. The van der Waals surface area contributed by atoms with Crippen LogP contribution in [0.2, 0.25) is 0 Å². The summed E-state index contributed by atoms with van der Waals surface area (Å²) in [6.07, 6.45) is 1.70. The Morgan fingerprint density at radius 1 is 1.26 bits per heavy atom. The maximum atomic E-state index is 12.2. The number of aromatic nitrogens is 1. The van der Waals surface area contributed by atoms with E-state index in [4.69, 9.17) is 4.52 Å². The molecule has 1 heterocycles. The molecule has 0 N–H and O–H groups in total. The van der Waals surface area contributed by atoms with E-state index in [0.29, 0.717) is 5.76 Å². The zero-order chi connectivity index (χ0) is 13.5. The van der Waals surface area contributed by atoms with Crippen LogP contribution >= 0.6 is 0 Å². The van der Waals surface area contributed by atoms with Crippen LogP contribution in [0.15, 0.2) is 40.9 Å². The molecule has 98 valence electrons. The SMILES string of the molecule is CN(C)C(=O)C1(c2cc(-c3ccccc3)on2)CC1. The van der Waals surface area contributed by atoms with Crippen LogP contribution in [-0.4, -0.2) is 30.1 Å². The summed E-state index contributed by atoms with van der Waals surface area (Å²) in [4.78, 5) is 13.8. The number of carbonyl (C=O) groups excluding carboxylic acids is 1. The number of hydrogen-bond acceptors (Lipinski definition) is 3. The lowest BCUT2D eigenvalue weighted by Gasteiger charge is -2.16. The van der Waals surface area contributed by atoms with Crippen molar-refractivity contribution in [2.45, 2.75) is 18.3 Å². The lowest BCUT2D eigenvalue weighted by Crippen LogP contribution is -2.33. The van der Waals surface area contributed by atoms with Crippen LogP contribution in [0.3, 0.4) is 0 Å². The van der Waals surface area contributed by atoms with Crippen molar-refractivity contribution in [1.82, 2.24) is 10.1 Å². The Bertz CT molecular complexity index is 598. The number of carbonyl (C=O) groups is 1. The van der Waals surface area contributed by atoms with Gasteiger partial charge in [-0.3, -0.25) is 4.79 Å². The van der Waals surface area contributed by atoms with E-state index in [-0.39, 0.29) is 5.91 Å². The normalized spacial score (nSPS) is 16.1. The predicted octanol–water partition coefficient (Wildman–Crippen LogP) is 2.46. The second-order valence-electron chi connectivity index (χ2n) is 5.22. The molecule has 0 saturated heterocycles. The summed E-state index contributed by atoms with van der Waals surface area (Å²) in [5.41, 5.74) is 1.29. The van der Waals surface area contributed by atoms with Gasteiger partial charge in [0.1, 0.15) is 0 Å². The number of likely N-dealkylation sites (N-methyl/N-ethyl adjacent to an activating group) is 1. The first kappa shape index (κ1) is 12.0. The molecule has 1 fully saturated rings. The molecule has 19 heavy (non-hydrogen) atoms. The van der Waals surface area contributed by atoms with Gasteiger partial charge in [0, 0.05) is 25.7 Å². The first-order chi connectivity index (χ1) is 9.13. The fraction of sp³-hybridized carbons (Fsp3) is 0.333. The van der Waals surface area contributed by atoms with Gasteiger partial charge >= 0.3 is 0 Å². The third-order valence-electron chi connectivity index (χ3n) is 3.62. The van der Waals surface area contributed by atoms with Crippen molar-refractivity contribution in [1.29, 1.82) is 0 Å². The summed E-state index contributed by atoms with van der Waals surface area (Å²) in [6, 6.07) is 11.7. The zero-order valence-corrected chi connectivity index (χ0v) is 11.1. The summed E-state index contributed by atoms with van der Waals surface area (Å²) in [6.45, 7) is 0. The van der Waals surface area contributed by atoms with E-state index in [9.17, 15) is 4.79 Å². The summed E-state index contributed by atoms with van der Waals surface area (Å²) in [5.74, 6) is 0.828. The van der Waals surface area contributed by atoms with Gasteiger partial charge in [-0.15, -0.1) is 0 Å². The van der Waals surface area contributed by atoms with Crippen LogP contribution in [0, 0.1) is 0 Å². The van der Waals surface area contributed by atoms with E-state index in [2.05, 4.69) is 5.16 Å². The maximum Gasteiger partial charge on any atom is 0.234 e. The minimum atomic E-state index is -0.444. The molecule has 2 aromatic rings. The van der Waals surface area contributed by atoms with Crippen molar-refractivity contribution in [3.05, 3.63) is 42.1 Å². The van der Waals surface area contributed by atoms with Crippen LogP contribution in [-0.2, 0) is 10.2 Å². The van der Waals surface area contributed by atoms with Gasteiger partial charge in [-0.25, -0.2) is 0 Å². The molecule has 1 aliphatic rings. The van der Waals surface area contributed by atoms with Gasteiger partial charge < -0.3 is 9.42 Å². The summed E-state index contributed by atoms with van der Waals surface area (Å²) in [7, 11) is 3.56. The topological polar surface area (TPSA) is 46.3 Å². The molecule has 1 aliphatic carbocycles. The number of amides is 1. The highest BCUT2D eigenvalue weighted by Gasteiger charge is 2.54. The van der Waals surface area contributed by atoms with Crippen LogP contribution in [0.1, 0.15) is 18.5 Å². The molecule has 1 amide bonds. The molecule has 0 bridgehead atoms. The lowest BCUT2D eigenvalue weighted by atomic mass is 10.00. The van der Waals surface area contributed by atoms with Gasteiger partial charge in [-0.1, -0.05) is 35.5 Å². The monoisotopic (exact) mass is 256 g/mol. The van der Waals surface area contributed by atoms with E-state index < -0.39 is 5.41 Å². The minimum absolute atomic E-state index is 0.111. The predicted molar refractivity (Wildman–Crippen MR) is 71.5 cm³/mol. The zero-order valence-electron chi connectivity index (χ0n) is 11.1. The number of rotatable bonds is 3. The van der Waals surface area contributed by atoms with Gasteiger partial charge in [0.15, 0.2) is 5.76 Å². The fourth-order valence-electron chi connectivity index (χ4n) is 2.37. The largest absolute Gasteiger partial charge is 0.356 e. The van der Waals surface area contributed by atoms with Crippen LogP contribution in [0.4, 0.5) is 0 Å². The van der Waals surface area contributed by atoms with Crippen LogP contribution in [0.5, 0.6) is 0 Å². The van der Waals surface area contributed by atoms with Gasteiger partial charge in [0.2, 0.25) is 5.91 Å². The standard InChI is InChI=1S/C15H16N2O2/c1-17(2)14(18)15(8-9-15)13-10-12(19-16-13)11-6-4-3-5-7-11/h3-7,10H,8-9H2,1-2H3. The molecule has 1 aromatic carbocycles. The molecule has 0 spiro atoms. The Morgan fingerprint density at radius 3 is 2.53 bits per heavy atom. The number of hydrogen-bond donors (Lipinski definition) is 0. The Labute approximate surface area is 112 Å². The molecule has 4 heteroatoms. The summed E-state index contributed by atoms with van der Waals surface area (Å²) in [5, 5.41) is 4.11. The highest BCUT2D eigenvalue weighted by atomic mass is 16.5. The number of benzene rings is 1. The average molecular weight is 256 g/mol. The first-order valence-corrected chi connectivity index (χ1v) is 6.38. The van der Waals surface area contributed by atoms with Crippen LogP contribution < -0.4 is 0 Å². The molecule has 1 aromatic heterocycles. The van der Waals surface area contributed by atoms with E-state index in [1.807, 2.05) is 36.4 Å². The van der Waals surface area contributed by atoms with Crippen molar-refractivity contribution < 1.29 is 9.32 Å². The molecule has 4 nitrogen and oxygen atoms in total. The minimum Gasteiger partial charge on any atom is -0.356 e. The Kier molecular flexibility index (Phi) is 2.66. The molecule has 1 saturated carbocycles. The van der Waals surface area contributed by atoms with Gasteiger partial charge in [0.25, 0.3) is 0 Å². The van der Waals surface area contributed by atoms with Crippen molar-refractivity contribution in [3.8, 4) is 11.3 Å². The maximum absolute atomic E-state index is 12.2. The Balaban J connectivity index is 1.93. The molecular formula is C15H16N2O2. The summed E-state index contributed by atoms with van der Waals surface area (Å²) < 4.78 is 5.39. The lowest BCUT2D eigenvalue weighted by molar-refractivity contribution is -0.131. The molecule has 0 atom stereocenters. The van der Waals surface area contributed by atoms with Gasteiger partial charge in [-0.2, -0.15) is 0 Å². The molecule has 0 unspecified atom stereocenters. The van der Waals surface area contributed by atoms with Crippen molar-refractivity contribution in [2.24, 2.45) is 0 Å². The quantitative estimate of drug-likeness (QED) is 0.847. The third kappa shape index (κ3) is 1.93. The first-order valence-electron chi connectivity index (χ1n) is 6.38. The van der Waals surface area contributed by atoms with E-state index in [0.717, 1.165) is 24.1 Å².